The number of ketones is 1. The summed E-state index contributed by atoms with van der Waals surface area (Å²) in [6.07, 6.45) is 3.06. The molecule has 3 nitrogen and oxygen atoms in total. The molecule has 0 saturated heterocycles. The summed E-state index contributed by atoms with van der Waals surface area (Å²) in [5.74, 6) is 0.00287. The third-order valence-corrected chi connectivity index (χ3v) is 2.45. The smallest absolute Gasteiger partial charge is 0.211 e. The van der Waals surface area contributed by atoms with E-state index in [4.69, 9.17) is 0 Å². The number of hydrogen-bond acceptors (Lipinski definition) is 2. The van der Waals surface area contributed by atoms with E-state index in [9.17, 15) is 4.79 Å². The number of aromatic amines is 1. The number of aromatic nitrogens is 2. The second kappa shape index (κ2) is 3.69. The van der Waals surface area contributed by atoms with Gasteiger partial charge in [-0.25, -0.2) is 4.98 Å². The number of carbonyl (C=O) groups is 1. The van der Waals surface area contributed by atoms with E-state index in [0.29, 0.717) is 5.69 Å². The fraction of sp³-hybridized carbons (Fsp3) is 0.167. The monoisotopic (exact) mass is 200 g/mol. The van der Waals surface area contributed by atoms with Crippen molar-refractivity contribution in [3.8, 4) is 0 Å². The minimum atomic E-state index is 0.00287. The van der Waals surface area contributed by atoms with Crippen molar-refractivity contribution in [3.05, 3.63) is 53.1 Å². The number of rotatable bonds is 2. The van der Waals surface area contributed by atoms with Crippen LogP contribution in [0.1, 0.15) is 27.2 Å². The molecule has 3 heteroatoms. The molecule has 1 heterocycles. The van der Waals surface area contributed by atoms with Crippen molar-refractivity contribution in [1.82, 2.24) is 9.97 Å². The first-order valence-corrected chi connectivity index (χ1v) is 4.79. The fourth-order valence-corrected chi connectivity index (χ4v) is 1.69. The molecule has 0 amide bonds. The second-order valence-corrected chi connectivity index (χ2v) is 3.56. The number of nitrogens with one attached hydrogen (secondary N) is 1. The molecule has 0 aliphatic carbocycles. The van der Waals surface area contributed by atoms with Gasteiger partial charge >= 0.3 is 0 Å². The van der Waals surface area contributed by atoms with Gasteiger partial charge in [0.25, 0.3) is 0 Å². The van der Waals surface area contributed by atoms with Crippen molar-refractivity contribution < 1.29 is 4.79 Å². The number of hydrogen-bond donors (Lipinski definition) is 1. The Morgan fingerprint density at radius 2 is 1.93 bits per heavy atom. The highest BCUT2D eigenvalue weighted by Crippen LogP contribution is 2.16. The molecule has 1 aromatic carbocycles. The summed E-state index contributed by atoms with van der Waals surface area (Å²) in [7, 11) is 0. The quantitative estimate of drug-likeness (QED) is 0.756. The third-order valence-electron chi connectivity index (χ3n) is 2.45. The van der Waals surface area contributed by atoms with E-state index in [1.54, 1.807) is 6.20 Å². The average molecular weight is 200 g/mol. The summed E-state index contributed by atoms with van der Waals surface area (Å²) >= 11 is 0. The average Bonchev–Trinajstić information content (AvgIpc) is 2.69. The molecule has 1 N–H and O–H groups in total. The Morgan fingerprint density at radius 3 is 2.47 bits per heavy atom. The first kappa shape index (κ1) is 9.65. The first-order chi connectivity index (χ1) is 7.20. The van der Waals surface area contributed by atoms with Gasteiger partial charge in [0.05, 0.1) is 12.5 Å². The van der Waals surface area contributed by atoms with E-state index in [1.165, 1.54) is 6.33 Å². The minimum Gasteiger partial charge on any atom is -0.342 e. The van der Waals surface area contributed by atoms with Crippen LogP contribution in [0.5, 0.6) is 0 Å². The molecule has 0 atom stereocenters. The lowest BCUT2D eigenvalue weighted by Gasteiger charge is -2.06. The van der Waals surface area contributed by atoms with E-state index in [-0.39, 0.29) is 5.78 Å². The number of carbonyl (C=O) groups excluding carboxylic acids is 1. The molecule has 0 radical (unpaired) electrons. The van der Waals surface area contributed by atoms with Crippen LogP contribution in [0.2, 0.25) is 0 Å². The van der Waals surface area contributed by atoms with Crippen LogP contribution in [0, 0.1) is 13.8 Å². The van der Waals surface area contributed by atoms with Gasteiger partial charge in [0, 0.05) is 5.56 Å². The highest BCUT2D eigenvalue weighted by molar-refractivity contribution is 6.09. The van der Waals surface area contributed by atoms with Crippen molar-refractivity contribution in [2.75, 3.05) is 0 Å². The Hall–Kier alpha value is -1.90. The molecule has 0 saturated carbocycles. The van der Waals surface area contributed by atoms with Crippen molar-refractivity contribution in [1.29, 1.82) is 0 Å². The zero-order valence-corrected chi connectivity index (χ0v) is 8.74. The van der Waals surface area contributed by atoms with E-state index >= 15 is 0 Å². The van der Waals surface area contributed by atoms with Crippen LogP contribution in [0.25, 0.3) is 0 Å². The summed E-state index contributed by atoms with van der Waals surface area (Å²) in [4.78, 5) is 18.8. The van der Waals surface area contributed by atoms with E-state index in [0.717, 1.165) is 16.7 Å². The zero-order chi connectivity index (χ0) is 10.8. The van der Waals surface area contributed by atoms with Gasteiger partial charge in [0.2, 0.25) is 5.78 Å². The van der Waals surface area contributed by atoms with Gasteiger partial charge in [-0.2, -0.15) is 0 Å². The number of nitrogens with zero attached hydrogens (tertiary/aromatic N) is 1. The maximum atomic E-state index is 12.1. The molecule has 1 aromatic heterocycles. The van der Waals surface area contributed by atoms with Gasteiger partial charge in [-0.05, 0) is 25.0 Å². The highest BCUT2D eigenvalue weighted by atomic mass is 16.1. The molecule has 0 spiro atoms. The standard InChI is InChI=1S/C12H12N2O/c1-8-4-3-5-9(2)11(8)12(15)10-6-13-7-14-10/h3-7H,1-2H3,(H,13,14). The molecule has 76 valence electrons. The molecule has 0 bridgehead atoms. The van der Waals surface area contributed by atoms with Crippen LogP contribution in [0.3, 0.4) is 0 Å². The topological polar surface area (TPSA) is 45.8 Å². The lowest BCUT2D eigenvalue weighted by atomic mass is 9.98. The summed E-state index contributed by atoms with van der Waals surface area (Å²) in [6, 6.07) is 5.83. The third kappa shape index (κ3) is 1.68. The number of imidazole rings is 1. The second-order valence-electron chi connectivity index (χ2n) is 3.56. The normalized spacial score (nSPS) is 10.3. The van der Waals surface area contributed by atoms with Crippen LogP contribution < -0.4 is 0 Å². The number of H-pyrrole nitrogens is 1. The Bertz CT molecular complexity index is 466. The van der Waals surface area contributed by atoms with Gasteiger partial charge in [0.1, 0.15) is 5.69 Å². The lowest BCUT2D eigenvalue weighted by Crippen LogP contribution is -2.06. The van der Waals surface area contributed by atoms with Gasteiger partial charge in [-0.3, -0.25) is 4.79 Å². The first-order valence-electron chi connectivity index (χ1n) is 4.79. The Morgan fingerprint density at radius 1 is 1.27 bits per heavy atom. The predicted octanol–water partition coefficient (Wildman–Crippen LogP) is 2.26. The highest BCUT2D eigenvalue weighted by Gasteiger charge is 2.14. The van der Waals surface area contributed by atoms with E-state index < -0.39 is 0 Å². The summed E-state index contributed by atoms with van der Waals surface area (Å²) in [5, 5.41) is 0. The molecule has 0 unspecified atom stereocenters. The molecular formula is C12H12N2O. The predicted molar refractivity (Wildman–Crippen MR) is 57.9 cm³/mol. The van der Waals surface area contributed by atoms with Crippen LogP contribution in [0.4, 0.5) is 0 Å². The van der Waals surface area contributed by atoms with Crippen molar-refractivity contribution >= 4 is 5.78 Å². The summed E-state index contributed by atoms with van der Waals surface area (Å²) in [5.41, 5.74) is 3.29. The SMILES string of the molecule is Cc1cccc(C)c1C(=O)c1cnc[nH]1. The van der Waals surface area contributed by atoms with Crippen LogP contribution in [0.15, 0.2) is 30.7 Å². The zero-order valence-electron chi connectivity index (χ0n) is 8.74. The lowest BCUT2D eigenvalue weighted by molar-refractivity contribution is 0.103. The van der Waals surface area contributed by atoms with Crippen molar-refractivity contribution in [2.24, 2.45) is 0 Å². The van der Waals surface area contributed by atoms with Crippen molar-refractivity contribution in [3.63, 3.8) is 0 Å². The fourth-order valence-electron chi connectivity index (χ4n) is 1.69. The molecule has 0 fully saturated rings. The number of benzene rings is 1. The van der Waals surface area contributed by atoms with Gasteiger partial charge in [0.15, 0.2) is 0 Å². The molecule has 15 heavy (non-hydrogen) atoms. The summed E-state index contributed by atoms with van der Waals surface area (Å²) < 4.78 is 0. The van der Waals surface area contributed by atoms with Gasteiger partial charge < -0.3 is 4.98 Å². The van der Waals surface area contributed by atoms with Gasteiger partial charge in [-0.1, -0.05) is 18.2 Å². The molecule has 2 rings (SSSR count). The molecule has 2 aromatic rings. The van der Waals surface area contributed by atoms with Crippen LogP contribution in [-0.2, 0) is 0 Å². The molecule has 0 aliphatic heterocycles. The maximum Gasteiger partial charge on any atom is 0.211 e. The van der Waals surface area contributed by atoms with Crippen LogP contribution >= 0.6 is 0 Å². The maximum absolute atomic E-state index is 12.1. The van der Waals surface area contributed by atoms with Gasteiger partial charge in [-0.15, -0.1) is 0 Å². The molecular weight excluding hydrogens is 188 g/mol. The molecule has 0 aliphatic rings. The van der Waals surface area contributed by atoms with Crippen molar-refractivity contribution in [2.45, 2.75) is 13.8 Å². The Kier molecular flexibility index (Phi) is 2.37. The summed E-state index contributed by atoms with van der Waals surface area (Å²) in [6.45, 7) is 3.88. The number of aryl methyl sites for hydroxylation is 2. The largest absolute Gasteiger partial charge is 0.342 e. The minimum absolute atomic E-state index is 0.00287. The Labute approximate surface area is 88.2 Å². The van der Waals surface area contributed by atoms with E-state index in [2.05, 4.69) is 9.97 Å². The Balaban J connectivity index is 2.51. The van der Waals surface area contributed by atoms with Crippen LogP contribution in [-0.4, -0.2) is 15.8 Å². The van der Waals surface area contributed by atoms with E-state index in [1.807, 2.05) is 32.0 Å².